The number of anilines is 1. The van der Waals surface area contributed by atoms with Crippen LogP contribution in [0.3, 0.4) is 0 Å². The number of likely N-dealkylation sites (N-methyl/N-ethyl adjacent to an activating group) is 1. The van der Waals surface area contributed by atoms with Gasteiger partial charge in [0.15, 0.2) is 5.54 Å². The van der Waals surface area contributed by atoms with Gasteiger partial charge in [-0.3, -0.25) is 19.3 Å². The molecule has 0 bridgehead atoms. The van der Waals surface area contributed by atoms with Gasteiger partial charge in [0.1, 0.15) is 11.5 Å². The number of morpholine rings is 1. The summed E-state index contributed by atoms with van der Waals surface area (Å²) < 4.78 is 10.8. The van der Waals surface area contributed by atoms with Crippen LogP contribution in [0.5, 0.6) is 5.75 Å². The Balaban J connectivity index is 1.65. The van der Waals surface area contributed by atoms with Crippen LogP contribution >= 0.6 is 0 Å². The number of aliphatic hydroxyl groups excluding tert-OH is 1. The van der Waals surface area contributed by atoms with Crippen molar-refractivity contribution in [2.45, 2.75) is 25.8 Å². The number of fused-ring (bicyclic) bond motifs is 2. The zero-order valence-corrected chi connectivity index (χ0v) is 22.0. The van der Waals surface area contributed by atoms with Crippen molar-refractivity contribution in [1.29, 1.82) is 0 Å². The second-order valence-electron chi connectivity index (χ2n) is 9.78. The van der Waals surface area contributed by atoms with Gasteiger partial charge in [0, 0.05) is 43.9 Å². The summed E-state index contributed by atoms with van der Waals surface area (Å²) in [5.74, 6) is -1.79. The smallest absolute Gasteiger partial charge is 0.296 e. The largest absolute Gasteiger partial charge is 0.507 e. The molecule has 200 valence electrons. The molecular weight excluding hydrogens is 486 g/mol. The number of para-hydroxylation sites is 1. The summed E-state index contributed by atoms with van der Waals surface area (Å²) in [4.78, 5) is 46.8. The van der Waals surface area contributed by atoms with E-state index in [9.17, 15) is 19.5 Å². The van der Waals surface area contributed by atoms with E-state index in [1.807, 2.05) is 26.0 Å². The number of Topliss-reactive ketones (excluding diaryl/α,β-unsaturated/α-hetero) is 1. The number of aliphatic hydroxyl groups is 1. The SMILES string of the molecule is CCN1C(=O)C2(C(=C(O)c3ccc(OC)c(C)c3)C(=O)C(=O)N2CCCN2CCOCC2)c2ccccc21. The average molecular weight is 520 g/mol. The number of carbonyl (C=O) groups excluding carboxylic acids is 3. The first kappa shape index (κ1) is 25.9. The molecule has 1 unspecified atom stereocenters. The zero-order chi connectivity index (χ0) is 27.0. The van der Waals surface area contributed by atoms with E-state index in [2.05, 4.69) is 4.90 Å². The highest BCUT2D eigenvalue weighted by Gasteiger charge is 2.66. The number of ether oxygens (including phenoxy) is 2. The van der Waals surface area contributed by atoms with E-state index in [-0.39, 0.29) is 17.9 Å². The minimum atomic E-state index is -1.73. The fourth-order valence-corrected chi connectivity index (χ4v) is 5.93. The molecule has 9 nitrogen and oxygen atoms in total. The fourth-order valence-electron chi connectivity index (χ4n) is 5.93. The summed E-state index contributed by atoms with van der Waals surface area (Å²) in [6.07, 6.45) is 0.567. The molecule has 0 radical (unpaired) electrons. The zero-order valence-electron chi connectivity index (χ0n) is 22.0. The van der Waals surface area contributed by atoms with E-state index in [0.29, 0.717) is 55.3 Å². The first-order valence-electron chi connectivity index (χ1n) is 13.0. The molecule has 3 heterocycles. The van der Waals surface area contributed by atoms with E-state index >= 15 is 0 Å². The van der Waals surface area contributed by atoms with Crippen LogP contribution in [0.25, 0.3) is 5.76 Å². The lowest BCUT2D eigenvalue weighted by molar-refractivity contribution is -0.143. The van der Waals surface area contributed by atoms with Crippen LogP contribution in [0, 0.1) is 6.92 Å². The minimum Gasteiger partial charge on any atom is -0.507 e. The molecule has 0 aromatic heterocycles. The average Bonchev–Trinajstić information content (AvgIpc) is 3.31. The molecule has 2 aromatic rings. The van der Waals surface area contributed by atoms with Gasteiger partial charge in [0.05, 0.1) is 31.6 Å². The van der Waals surface area contributed by atoms with E-state index in [1.54, 1.807) is 42.3 Å². The van der Waals surface area contributed by atoms with Gasteiger partial charge in [-0.15, -0.1) is 0 Å². The number of aryl methyl sites for hydroxylation is 1. The number of nitrogens with zero attached hydrogens (tertiary/aromatic N) is 3. The van der Waals surface area contributed by atoms with Crippen molar-refractivity contribution < 1.29 is 29.0 Å². The summed E-state index contributed by atoms with van der Waals surface area (Å²) in [5, 5.41) is 11.6. The van der Waals surface area contributed by atoms with Crippen LogP contribution in [0.1, 0.15) is 30.0 Å². The standard InChI is InChI=1S/C29H33N3O6/c1-4-31-22-9-6-5-8-21(22)29(28(31)36)24(25(33)20-10-11-23(37-3)19(2)18-20)26(34)27(35)32(29)13-7-12-30-14-16-38-17-15-30/h5-6,8-11,18,33H,4,7,12-17H2,1-3H3. The van der Waals surface area contributed by atoms with Gasteiger partial charge >= 0.3 is 0 Å². The van der Waals surface area contributed by atoms with Gasteiger partial charge in [0.2, 0.25) is 0 Å². The summed E-state index contributed by atoms with van der Waals surface area (Å²) in [6.45, 7) is 7.84. The summed E-state index contributed by atoms with van der Waals surface area (Å²) >= 11 is 0. The first-order valence-corrected chi connectivity index (χ1v) is 13.0. The molecule has 9 heteroatoms. The van der Waals surface area contributed by atoms with Gasteiger partial charge in [-0.25, -0.2) is 0 Å². The number of hydrogen-bond donors (Lipinski definition) is 1. The van der Waals surface area contributed by atoms with Crippen LogP contribution in [0.15, 0.2) is 48.0 Å². The molecule has 2 fully saturated rings. The molecule has 2 saturated heterocycles. The minimum absolute atomic E-state index is 0.188. The molecular formula is C29H33N3O6. The highest BCUT2D eigenvalue weighted by Crippen LogP contribution is 2.53. The van der Waals surface area contributed by atoms with Crippen molar-refractivity contribution in [3.63, 3.8) is 0 Å². The Labute approximate surface area is 222 Å². The highest BCUT2D eigenvalue weighted by molar-refractivity contribution is 6.50. The van der Waals surface area contributed by atoms with Crippen LogP contribution in [-0.4, -0.2) is 85.6 Å². The number of methoxy groups -OCH3 is 1. The summed E-state index contributed by atoms with van der Waals surface area (Å²) in [5.41, 5.74) is 0.338. The third-order valence-corrected chi connectivity index (χ3v) is 7.75. The Hall–Kier alpha value is -3.69. The maximum absolute atomic E-state index is 14.3. The van der Waals surface area contributed by atoms with Crippen LogP contribution in [0.4, 0.5) is 5.69 Å². The molecule has 5 rings (SSSR count). The topological polar surface area (TPSA) is 99.6 Å². The molecule has 0 aliphatic carbocycles. The van der Waals surface area contributed by atoms with Crippen LogP contribution < -0.4 is 9.64 Å². The molecule has 38 heavy (non-hydrogen) atoms. The third kappa shape index (κ3) is 3.88. The molecule has 0 saturated carbocycles. The van der Waals surface area contributed by atoms with E-state index in [1.165, 1.54) is 4.90 Å². The number of amides is 2. The van der Waals surface area contributed by atoms with Crippen molar-refractivity contribution >= 4 is 29.0 Å². The van der Waals surface area contributed by atoms with Crippen molar-refractivity contribution in [2.24, 2.45) is 0 Å². The molecule has 2 aromatic carbocycles. The Morgan fingerprint density at radius 1 is 1.08 bits per heavy atom. The predicted octanol–water partition coefficient (Wildman–Crippen LogP) is 2.67. The summed E-state index contributed by atoms with van der Waals surface area (Å²) in [7, 11) is 1.55. The number of rotatable bonds is 7. The van der Waals surface area contributed by atoms with E-state index in [4.69, 9.17) is 9.47 Å². The molecule has 1 spiro atoms. The van der Waals surface area contributed by atoms with Gasteiger partial charge in [0.25, 0.3) is 17.6 Å². The fraction of sp³-hybridized carbons (Fsp3) is 0.414. The summed E-state index contributed by atoms with van der Waals surface area (Å²) in [6, 6.07) is 12.2. The second-order valence-corrected chi connectivity index (χ2v) is 9.78. The molecule has 1 atom stereocenters. The number of carbonyl (C=O) groups is 3. The van der Waals surface area contributed by atoms with E-state index in [0.717, 1.165) is 18.7 Å². The van der Waals surface area contributed by atoms with Crippen molar-refractivity contribution in [1.82, 2.24) is 9.80 Å². The Morgan fingerprint density at radius 2 is 1.82 bits per heavy atom. The monoisotopic (exact) mass is 519 g/mol. The van der Waals surface area contributed by atoms with Gasteiger partial charge in [-0.2, -0.15) is 0 Å². The predicted molar refractivity (Wildman–Crippen MR) is 142 cm³/mol. The number of likely N-dealkylation sites (tertiary alicyclic amines) is 1. The van der Waals surface area contributed by atoms with Gasteiger partial charge < -0.3 is 24.4 Å². The molecule has 3 aliphatic heterocycles. The van der Waals surface area contributed by atoms with Crippen LogP contribution in [-0.2, 0) is 24.7 Å². The lowest BCUT2D eigenvalue weighted by Gasteiger charge is -2.35. The number of ketones is 1. The molecule has 2 amide bonds. The van der Waals surface area contributed by atoms with Crippen molar-refractivity contribution in [3.05, 3.63) is 64.7 Å². The highest BCUT2D eigenvalue weighted by atomic mass is 16.5. The quantitative estimate of drug-likeness (QED) is 0.341. The van der Waals surface area contributed by atoms with Crippen molar-refractivity contribution in [3.8, 4) is 5.75 Å². The molecule has 3 aliphatic rings. The lowest BCUT2D eigenvalue weighted by Crippen LogP contribution is -2.52. The Morgan fingerprint density at radius 3 is 2.50 bits per heavy atom. The van der Waals surface area contributed by atoms with Gasteiger partial charge in [-0.05, 0) is 50.1 Å². The van der Waals surface area contributed by atoms with E-state index < -0.39 is 23.1 Å². The Kier molecular flexibility index (Phi) is 6.98. The maximum Gasteiger partial charge on any atom is 0.296 e. The number of hydrogen-bond acceptors (Lipinski definition) is 7. The maximum atomic E-state index is 14.3. The molecule has 1 N–H and O–H groups in total. The third-order valence-electron chi connectivity index (χ3n) is 7.75. The number of benzene rings is 2. The normalized spacial score (nSPS) is 23.0. The first-order chi connectivity index (χ1) is 18.4. The lowest BCUT2D eigenvalue weighted by atomic mass is 9.81. The van der Waals surface area contributed by atoms with Crippen molar-refractivity contribution in [2.75, 3.05) is 57.9 Å². The van der Waals surface area contributed by atoms with Crippen LogP contribution in [0.2, 0.25) is 0 Å². The second kappa shape index (κ2) is 10.2. The Bertz CT molecular complexity index is 1320. The van der Waals surface area contributed by atoms with Gasteiger partial charge in [-0.1, -0.05) is 18.2 Å².